The molecule has 2 heteroatoms. The normalized spacial score (nSPS) is 10.6. The second-order valence-electron chi connectivity index (χ2n) is 3.29. The van der Waals surface area contributed by atoms with E-state index in [-0.39, 0.29) is 0 Å². The van der Waals surface area contributed by atoms with E-state index in [0.717, 1.165) is 0 Å². The van der Waals surface area contributed by atoms with E-state index in [1.54, 1.807) is 0 Å². The van der Waals surface area contributed by atoms with Crippen LogP contribution < -0.4 is 0 Å². The summed E-state index contributed by atoms with van der Waals surface area (Å²) in [5, 5.41) is 0. The van der Waals surface area contributed by atoms with Crippen molar-refractivity contribution in [3.8, 4) is 0 Å². The molecule has 0 saturated heterocycles. The van der Waals surface area contributed by atoms with Crippen LogP contribution in [-0.2, 0) is 0 Å². The number of thioether (sulfide) groups is 2. The van der Waals surface area contributed by atoms with E-state index in [4.69, 9.17) is 0 Å². The summed E-state index contributed by atoms with van der Waals surface area (Å²) in [4.78, 5) is 0. The molecule has 0 saturated carbocycles. The van der Waals surface area contributed by atoms with E-state index in [0.29, 0.717) is 0 Å². The second-order valence-corrected chi connectivity index (χ2v) is 5.73. The number of rotatable bonds is 10. The Kier molecular flexibility index (Phi) is 13.4. The van der Waals surface area contributed by atoms with Crippen molar-refractivity contribution in [1.29, 1.82) is 0 Å². The summed E-state index contributed by atoms with van der Waals surface area (Å²) < 4.78 is 0. The van der Waals surface area contributed by atoms with Crippen molar-refractivity contribution >= 4 is 23.5 Å². The predicted octanol–water partition coefficient (Wildman–Crippen LogP) is 4.44. The maximum atomic E-state index is 2.27. The van der Waals surface area contributed by atoms with Gasteiger partial charge in [0.1, 0.15) is 0 Å². The van der Waals surface area contributed by atoms with Gasteiger partial charge in [0.25, 0.3) is 0 Å². The van der Waals surface area contributed by atoms with Gasteiger partial charge in [-0.1, -0.05) is 33.1 Å². The van der Waals surface area contributed by atoms with Gasteiger partial charge in [0.15, 0.2) is 0 Å². The summed E-state index contributed by atoms with van der Waals surface area (Å²) in [6.07, 6.45) is 6.92. The van der Waals surface area contributed by atoms with E-state index in [1.165, 1.54) is 55.1 Å². The highest BCUT2D eigenvalue weighted by Crippen LogP contribution is 2.11. The fourth-order valence-electron chi connectivity index (χ4n) is 1.02. The third kappa shape index (κ3) is 12.7. The van der Waals surface area contributed by atoms with Crippen molar-refractivity contribution in [1.82, 2.24) is 0 Å². The molecule has 0 aliphatic carbocycles. The summed E-state index contributed by atoms with van der Waals surface area (Å²) >= 11 is 4.25. The third-order valence-corrected chi connectivity index (χ3v) is 4.31. The molecule has 0 amide bonds. The Morgan fingerprint density at radius 2 is 1.15 bits per heavy atom. The fourth-order valence-corrected chi connectivity index (χ4v) is 3.27. The first-order valence-electron chi connectivity index (χ1n) is 5.57. The molecule has 0 nitrogen and oxygen atoms in total. The number of unbranched alkanes of at least 4 members (excludes halogenated alkanes) is 3. The predicted molar refractivity (Wildman–Crippen MR) is 69.1 cm³/mol. The Balaban J connectivity index is 2.76. The molecule has 0 radical (unpaired) electrons. The van der Waals surface area contributed by atoms with Crippen LogP contribution in [0.5, 0.6) is 0 Å². The van der Waals surface area contributed by atoms with Crippen LogP contribution in [0.1, 0.15) is 46.0 Å². The van der Waals surface area contributed by atoms with Crippen LogP contribution in [0.2, 0.25) is 0 Å². The Morgan fingerprint density at radius 1 is 0.615 bits per heavy atom. The minimum Gasteiger partial charge on any atom is -0.161 e. The third-order valence-electron chi connectivity index (χ3n) is 1.91. The average Bonchev–Trinajstić information content (AvgIpc) is 2.16. The van der Waals surface area contributed by atoms with Crippen molar-refractivity contribution < 1.29 is 0 Å². The Hall–Kier alpha value is 0.700. The van der Waals surface area contributed by atoms with Crippen molar-refractivity contribution in [2.45, 2.75) is 46.0 Å². The second kappa shape index (κ2) is 12.7. The van der Waals surface area contributed by atoms with Gasteiger partial charge in [0, 0.05) is 11.5 Å². The summed E-state index contributed by atoms with van der Waals surface area (Å²) in [7, 11) is 0. The van der Waals surface area contributed by atoms with Gasteiger partial charge in [-0.3, -0.25) is 0 Å². The molecule has 0 unspecified atom stereocenters. The van der Waals surface area contributed by atoms with Crippen LogP contribution in [0.25, 0.3) is 0 Å². The van der Waals surface area contributed by atoms with E-state index in [1.807, 2.05) is 0 Å². The minimum atomic E-state index is 1.34. The standard InChI is InChI=1S/C11H24S2/c1-3-5-7-9-13-11-10-12-8-6-4-2/h3-11H2,1-2H3. The van der Waals surface area contributed by atoms with Gasteiger partial charge in [0.05, 0.1) is 0 Å². The molecule has 0 atom stereocenters. The lowest BCUT2D eigenvalue weighted by molar-refractivity contribution is 0.779. The molecule has 13 heavy (non-hydrogen) atoms. The SMILES string of the molecule is CCCCCSCCSCCCC. The molecule has 0 aromatic heterocycles. The van der Waals surface area contributed by atoms with E-state index < -0.39 is 0 Å². The molecule has 0 spiro atoms. The van der Waals surface area contributed by atoms with Crippen LogP contribution in [0, 0.1) is 0 Å². The molecule has 0 aromatic carbocycles. The fraction of sp³-hybridized carbons (Fsp3) is 1.00. The largest absolute Gasteiger partial charge is 0.161 e. The molecule has 0 N–H and O–H groups in total. The summed E-state index contributed by atoms with van der Waals surface area (Å²) in [6, 6.07) is 0. The van der Waals surface area contributed by atoms with Crippen molar-refractivity contribution in [3.63, 3.8) is 0 Å². The van der Waals surface area contributed by atoms with Gasteiger partial charge >= 0.3 is 0 Å². The molecule has 0 rings (SSSR count). The van der Waals surface area contributed by atoms with E-state index in [9.17, 15) is 0 Å². The lowest BCUT2D eigenvalue weighted by Crippen LogP contribution is -1.88. The quantitative estimate of drug-likeness (QED) is 0.499. The lowest BCUT2D eigenvalue weighted by Gasteiger charge is -2.00. The molecule has 0 fully saturated rings. The number of hydrogen-bond acceptors (Lipinski definition) is 2. The molecule has 80 valence electrons. The minimum absolute atomic E-state index is 1.34. The highest BCUT2D eigenvalue weighted by atomic mass is 32.2. The molecule has 0 aromatic rings. The lowest BCUT2D eigenvalue weighted by atomic mass is 10.3. The molecule has 0 aliphatic rings. The maximum absolute atomic E-state index is 2.27. The highest BCUT2D eigenvalue weighted by Gasteiger charge is 1.91. The summed E-state index contributed by atoms with van der Waals surface area (Å²) in [6.45, 7) is 4.53. The zero-order valence-electron chi connectivity index (χ0n) is 9.18. The van der Waals surface area contributed by atoms with Crippen LogP contribution in [0.4, 0.5) is 0 Å². The van der Waals surface area contributed by atoms with Crippen LogP contribution in [0.15, 0.2) is 0 Å². The highest BCUT2D eigenvalue weighted by molar-refractivity contribution is 8.02. The average molecular weight is 220 g/mol. The molecule has 0 aliphatic heterocycles. The Morgan fingerprint density at radius 3 is 1.69 bits per heavy atom. The van der Waals surface area contributed by atoms with Gasteiger partial charge < -0.3 is 0 Å². The monoisotopic (exact) mass is 220 g/mol. The van der Waals surface area contributed by atoms with Gasteiger partial charge in [-0.2, -0.15) is 23.5 Å². The first kappa shape index (κ1) is 13.7. The van der Waals surface area contributed by atoms with Crippen LogP contribution in [0.3, 0.4) is 0 Å². The molecular formula is C11H24S2. The molecule has 0 bridgehead atoms. The number of hydrogen-bond donors (Lipinski definition) is 0. The first-order valence-corrected chi connectivity index (χ1v) is 7.88. The van der Waals surface area contributed by atoms with Crippen LogP contribution in [-0.4, -0.2) is 23.0 Å². The van der Waals surface area contributed by atoms with E-state index >= 15 is 0 Å². The maximum Gasteiger partial charge on any atom is 0.00235 e. The summed E-state index contributed by atoms with van der Waals surface area (Å²) in [5.41, 5.74) is 0. The van der Waals surface area contributed by atoms with Gasteiger partial charge in [-0.05, 0) is 24.3 Å². The molecule has 0 heterocycles. The zero-order valence-corrected chi connectivity index (χ0v) is 10.8. The van der Waals surface area contributed by atoms with Gasteiger partial charge in [0.2, 0.25) is 0 Å². The first-order chi connectivity index (χ1) is 6.41. The van der Waals surface area contributed by atoms with Gasteiger partial charge in [-0.15, -0.1) is 0 Å². The van der Waals surface area contributed by atoms with E-state index in [2.05, 4.69) is 37.4 Å². The van der Waals surface area contributed by atoms with Crippen molar-refractivity contribution in [3.05, 3.63) is 0 Å². The zero-order chi connectivity index (χ0) is 9.78. The van der Waals surface area contributed by atoms with Crippen molar-refractivity contribution in [2.75, 3.05) is 23.0 Å². The Bertz CT molecular complexity index is 74.2. The van der Waals surface area contributed by atoms with Gasteiger partial charge in [-0.25, -0.2) is 0 Å². The van der Waals surface area contributed by atoms with Crippen LogP contribution >= 0.6 is 23.5 Å². The smallest absolute Gasteiger partial charge is 0.00235 e. The Labute approximate surface area is 92.6 Å². The topological polar surface area (TPSA) is 0 Å². The molecular weight excluding hydrogens is 196 g/mol. The summed E-state index contributed by atoms with van der Waals surface area (Å²) in [5.74, 6) is 5.46. The van der Waals surface area contributed by atoms with Crippen molar-refractivity contribution in [2.24, 2.45) is 0 Å².